The van der Waals surface area contributed by atoms with E-state index in [1.807, 2.05) is 6.92 Å². The third kappa shape index (κ3) is 2.97. The van der Waals surface area contributed by atoms with Crippen LogP contribution in [0.5, 0.6) is 0 Å². The van der Waals surface area contributed by atoms with Gasteiger partial charge in [-0.15, -0.1) is 0 Å². The highest BCUT2D eigenvalue weighted by atomic mass is 35.5. The number of nitrogens with two attached hydrogens (primary N) is 1. The average Bonchev–Trinajstić information content (AvgIpc) is 2.21. The van der Waals surface area contributed by atoms with Crippen molar-refractivity contribution in [1.82, 2.24) is 0 Å². The van der Waals surface area contributed by atoms with E-state index in [9.17, 15) is 4.39 Å². The molecule has 0 spiro atoms. The maximum absolute atomic E-state index is 13.1. The van der Waals surface area contributed by atoms with Gasteiger partial charge in [0.1, 0.15) is 5.82 Å². The van der Waals surface area contributed by atoms with Crippen LogP contribution in [0.25, 0.3) is 0 Å². The van der Waals surface area contributed by atoms with Crippen LogP contribution in [0.4, 0.5) is 15.8 Å². The summed E-state index contributed by atoms with van der Waals surface area (Å²) in [5.41, 5.74) is 6.48. The first kappa shape index (κ1) is 12.1. The maximum Gasteiger partial charge on any atom is 0.143 e. The summed E-state index contributed by atoms with van der Waals surface area (Å²) in [6.07, 6.45) is 0.722. The molecule has 0 aliphatic rings. The van der Waals surface area contributed by atoms with Crippen molar-refractivity contribution < 1.29 is 9.50 Å². The molecule has 0 saturated carbocycles. The Bertz CT molecular complexity index is 342. The molecule has 0 saturated heterocycles. The molecule has 1 rings (SSSR count). The molecule has 1 unspecified atom stereocenters. The fraction of sp³-hybridized carbons (Fsp3) is 0.400. The fourth-order valence-corrected chi connectivity index (χ4v) is 1.36. The second-order valence-corrected chi connectivity index (χ2v) is 3.69. The van der Waals surface area contributed by atoms with Crippen LogP contribution >= 0.6 is 11.6 Å². The molecular weight excluding hydrogens is 219 g/mol. The monoisotopic (exact) mass is 232 g/mol. The molecule has 1 aromatic rings. The normalized spacial score (nSPS) is 12.5. The summed E-state index contributed by atoms with van der Waals surface area (Å²) >= 11 is 5.56. The minimum atomic E-state index is -0.527. The van der Waals surface area contributed by atoms with Gasteiger partial charge in [-0.2, -0.15) is 0 Å². The van der Waals surface area contributed by atoms with E-state index < -0.39 is 5.82 Å². The zero-order valence-corrected chi connectivity index (χ0v) is 9.18. The lowest BCUT2D eigenvalue weighted by Crippen LogP contribution is -2.23. The van der Waals surface area contributed by atoms with Crippen LogP contribution in [0.1, 0.15) is 13.3 Å². The third-order valence-corrected chi connectivity index (χ3v) is 2.45. The lowest BCUT2D eigenvalue weighted by Gasteiger charge is -2.17. The molecule has 0 aliphatic heterocycles. The molecule has 5 heteroatoms. The van der Waals surface area contributed by atoms with Crippen molar-refractivity contribution >= 4 is 23.0 Å². The van der Waals surface area contributed by atoms with Crippen molar-refractivity contribution in [3.63, 3.8) is 0 Å². The molecule has 4 N–H and O–H groups in total. The van der Waals surface area contributed by atoms with Crippen LogP contribution in [0.2, 0.25) is 5.02 Å². The van der Waals surface area contributed by atoms with Crippen molar-refractivity contribution in [1.29, 1.82) is 0 Å². The minimum Gasteiger partial charge on any atom is -0.397 e. The summed E-state index contributed by atoms with van der Waals surface area (Å²) in [6.45, 7) is 1.89. The van der Waals surface area contributed by atoms with E-state index in [1.54, 1.807) is 0 Å². The van der Waals surface area contributed by atoms with Gasteiger partial charge in [0, 0.05) is 12.1 Å². The smallest absolute Gasteiger partial charge is 0.143 e. The Morgan fingerprint density at radius 3 is 2.80 bits per heavy atom. The number of rotatable bonds is 4. The molecule has 0 bridgehead atoms. The Labute approximate surface area is 93.0 Å². The first-order chi connectivity index (χ1) is 7.08. The average molecular weight is 233 g/mol. The Morgan fingerprint density at radius 1 is 1.60 bits per heavy atom. The number of aliphatic hydroxyl groups is 1. The van der Waals surface area contributed by atoms with E-state index in [4.69, 9.17) is 22.4 Å². The first-order valence-corrected chi connectivity index (χ1v) is 5.08. The van der Waals surface area contributed by atoms with Gasteiger partial charge in [-0.3, -0.25) is 0 Å². The Kier molecular flexibility index (Phi) is 4.17. The lowest BCUT2D eigenvalue weighted by atomic mass is 10.2. The molecular formula is C10H14ClFN2O. The quantitative estimate of drug-likeness (QED) is 0.698. The number of nitrogen functional groups attached to an aromatic ring is 1. The van der Waals surface area contributed by atoms with Crippen LogP contribution in [0, 0.1) is 5.82 Å². The number of halogens is 2. The van der Waals surface area contributed by atoms with Crippen molar-refractivity contribution in [2.75, 3.05) is 17.7 Å². The van der Waals surface area contributed by atoms with Gasteiger partial charge in [-0.05, 0) is 12.5 Å². The van der Waals surface area contributed by atoms with E-state index in [0.29, 0.717) is 11.4 Å². The SMILES string of the molecule is CCC(CO)Nc1cc(F)c(Cl)cc1N. The number of nitrogens with one attached hydrogen (secondary N) is 1. The third-order valence-electron chi connectivity index (χ3n) is 2.17. The first-order valence-electron chi connectivity index (χ1n) is 4.70. The van der Waals surface area contributed by atoms with Crippen molar-refractivity contribution in [2.45, 2.75) is 19.4 Å². The van der Waals surface area contributed by atoms with E-state index in [-0.39, 0.29) is 17.7 Å². The lowest BCUT2D eigenvalue weighted by molar-refractivity contribution is 0.272. The van der Waals surface area contributed by atoms with Gasteiger partial charge >= 0.3 is 0 Å². The molecule has 0 heterocycles. The van der Waals surface area contributed by atoms with Gasteiger partial charge in [0.15, 0.2) is 0 Å². The number of benzene rings is 1. The standard InChI is InChI=1S/C10H14ClFN2O/c1-2-6(5-15)14-10-4-8(12)7(11)3-9(10)13/h3-4,6,14-15H,2,5,13H2,1H3. The number of hydrogen-bond acceptors (Lipinski definition) is 3. The number of aliphatic hydroxyl groups excluding tert-OH is 1. The minimum absolute atomic E-state index is 0.00454. The second-order valence-electron chi connectivity index (χ2n) is 3.29. The molecule has 3 nitrogen and oxygen atoms in total. The second kappa shape index (κ2) is 5.19. The summed E-state index contributed by atoms with van der Waals surface area (Å²) in [5.74, 6) is -0.527. The van der Waals surface area contributed by atoms with Crippen molar-refractivity contribution in [3.05, 3.63) is 23.0 Å². The highest BCUT2D eigenvalue weighted by Crippen LogP contribution is 2.26. The summed E-state index contributed by atoms with van der Waals surface area (Å²) in [4.78, 5) is 0. The Balaban J connectivity index is 2.89. The summed E-state index contributed by atoms with van der Waals surface area (Å²) in [7, 11) is 0. The van der Waals surface area contributed by atoms with Crippen molar-refractivity contribution in [2.24, 2.45) is 0 Å². The predicted octanol–water partition coefficient (Wildman–Crippen LogP) is 2.24. The summed E-state index contributed by atoms with van der Waals surface area (Å²) in [5, 5.41) is 11.9. The fourth-order valence-electron chi connectivity index (χ4n) is 1.18. The van der Waals surface area contributed by atoms with E-state index in [2.05, 4.69) is 5.32 Å². The van der Waals surface area contributed by atoms with E-state index >= 15 is 0 Å². The van der Waals surface area contributed by atoms with E-state index in [1.165, 1.54) is 12.1 Å². The molecule has 1 atom stereocenters. The van der Waals surface area contributed by atoms with Crippen molar-refractivity contribution in [3.8, 4) is 0 Å². The van der Waals surface area contributed by atoms with Gasteiger partial charge in [0.2, 0.25) is 0 Å². The molecule has 0 aromatic heterocycles. The topological polar surface area (TPSA) is 58.3 Å². The van der Waals surface area contributed by atoms with Gasteiger partial charge in [0.05, 0.1) is 23.0 Å². The maximum atomic E-state index is 13.1. The van der Waals surface area contributed by atoms with Crippen LogP contribution in [0.15, 0.2) is 12.1 Å². The zero-order valence-electron chi connectivity index (χ0n) is 8.43. The van der Waals surface area contributed by atoms with Gasteiger partial charge < -0.3 is 16.2 Å². The molecule has 0 amide bonds. The predicted molar refractivity (Wildman–Crippen MR) is 60.6 cm³/mol. The Morgan fingerprint density at radius 2 is 2.27 bits per heavy atom. The number of hydrogen-bond donors (Lipinski definition) is 3. The summed E-state index contributed by atoms with van der Waals surface area (Å²) in [6, 6.07) is 2.45. The molecule has 1 aromatic carbocycles. The highest BCUT2D eigenvalue weighted by Gasteiger charge is 2.09. The molecule has 0 aliphatic carbocycles. The van der Waals surface area contributed by atoms with Gasteiger partial charge in [-0.25, -0.2) is 4.39 Å². The van der Waals surface area contributed by atoms with E-state index in [0.717, 1.165) is 6.42 Å². The number of anilines is 2. The molecule has 0 radical (unpaired) electrons. The largest absolute Gasteiger partial charge is 0.397 e. The van der Waals surface area contributed by atoms with Gasteiger partial charge in [0.25, 0.3) is 0 Å². The Hall–Kier alpha value is -1.00. The van der Waals surface area contributed by atoms with Crippen LogP contribution < -0.4 is 11.1 Å². The zero-order chi connectivity index (χ0) is 11.4. The highest BCUT2D eigenvalue weighted by molar-refractivity contribution is 6.31. The van der Waals surface area contributed by atoms with Gasteiger partial charge in [-0.1, -0.05) is 18.5 Å². The molecule has 15 heavy (non-hydrogen) atoms. The summed E-state index contributed by atoms with van der Waals surface area (Å²) < 4.78 is 13.1. The van der Waals surface area contributed by atoms with Crippen LogP contribution in [0.3, 0.4) is 0 Å². The molecule has 84 valence electrons. The van der Waals surface area contributed by atoms with Crippen LogP contribution in [-0.2, 0) is 0 Å². The molecule has 0 fully saturated rings. The van der Waals surface area contributed by atoms with Crippen LogP contribution in [-0.4, -0.2) is 17.8 Å².